The summed E-state index contributed by atoms with van der Waals surface area (Å²) in [5.41, 5.74) is 1.15. The molecule has 2 rings (SSSR count). The normalized spacial score (nSPS) is 16.7. The maximum absolute atomic E-state index is 11.8. The van der Waals surface area contributed by atoms with E-state index in [-0.39, 0.29) is 11.1 Å². The number of hydrogen-bond donors (Lipinski definition) is 0. The van der Waals surface area contributed by atoms with Gasteiger partial charge in [0.15, 0.2) is 5.70 Å². The maximum Gasteiger partial charge on any atom is 0.363 e. The first-order valence-electron chi connectivity index (χ1n) is 6.52. The van der Waals surface area contributed by atoms with Gasteiger partial charge in [-0.15, -0.1) is 0 Å². The van der Waals surface area contributed by atoms with Crippen LogP contribution in [0.15, 0.2) is 35.0 Å². The fraction of sp³-hybridized carbons (Fsp3) is 0.312. The number of ether oxygens (including phenoxy) is 2. The quantitative estimate of drug-likeness (QED) is 0.619. The Kier molecular flexibility index (Phi) is 3.93. The third-order valence-corrected chi connectivity index (χ3v) is 2.90. The Morgan fingerprint density at radius 2 is 1.86 bits per heavy atom. The van der Waals surface area contributed by atoms with Gasteiger partial charge < -0.3 is 9.47 Å². The van der Waals surface area contributed by atoms with Gasteiger partial charge in [0.05, 0.1) is 12.7 Å². The minimum Gasteiger partial charge on any atom is -0.465 e. The number of rotatable bonds is 2. The van der Waals surface area contributed by atoms with E-state index in [1.807, 2.05) is 20.8 Å². The molecule has 1 aromatic rings. The fourth-order valence-electron chi connectivity index (χ4n) is 1.72. The summed E-state index contributed by atoms with van der Waals surface area (Å²) in [6.45, 7) is 5.77. The fourth-order valence-corrected chi connectivity index (χ4v) is 1.72. The molecule has 1 aliphatic heterocycles. The molecule has 0 radical (unpaired) electrons. The number of aliphatic imine (C=N–C) groups is 1. The van der Waals surface area contributed by atoms with Crippen LogP contribution in [0.4, 0.5) is 0 Å². The van der Waals surface area contributed by atoms with Crippen molar-refractivity contribution in [2.75, 3.05) is 7.11 Å². The molecule has 0 saturated heterocycles. The average Bonchev–Trinajstić information content (AvgIpc) is 2.80. The number of cyclic esters (lactones) is 1. The predicted molar refractivity (Wildman–Crippen MR) is 78.7 cm³/mol. The molecule has 0 fully saturated rings. The maximum atomic E-state index is 11.8. The second-order valence-electron chi connectivity index (χ2n) is 5.70. The lowest BCUT2D eigenvalue weighted by Crippen LogP contribution is -2.21. The molecular weight excluding hydrogens is 270 g/mol. The first-order valence-corrected chi connectivity index (χ1v) is 6.52. The minimum atomic E-state index is -0.461. The van der Waals surface area contributed by atoms with E-state index in [0.29, 0.717) is 11.5 Å². The zero-order chi connectivity index (χ0) is 15.6. The van der Waals surface area contributed by atoms with Crippen molar-refractivity contribution in [3.05, 3.63) is 41.1 Å². The summed E-state index contributed by atoms with van der Waals surface area (Å²) in [5, 5.41) is 0. The summed E-state index contributed by atoms with van der Waals surface area (Å²) >= 11 is 0. The lowest BCUT2D eigenvalue weighted by atomic mass is 9.97. The molecule has 0 saturated carbocycles. The van der Waals surface area contributed by atoms with E-state index in [4.69, 9.17) is 4.74 Å². The third kappa shape index (κ3) is 3.37. The molecule has 1 heterocycles. The Bertz CT molecular complexity index is 633. The number of hydrogen-bond acceptors (Lipinski definition) is 5. The van der Waals surface area contributed by atoms with Crippen molar-refractivity contribution in [1.82, 2.24) is 0 Å². The highest BCUT2D eigenvalue weighted by atomic mass is 16.6. The lowest BCUT2D eigenvalue weighted by molar-refractivity contribution is -0.130. The number of carbonyl (C=O) groups is 2. The Hall–Kier alpha value is -2.43. The van der Waals surface area contributed by atoms with Crippen LogP contribution in [0.2, 0.25) is 0 Å². The van der Waals surface area contributed by atoms with Crippen LogP contribution < -0.4 is 0 Å². The van der Waals surface area contributed by atoms with E-state index >= 15 is 0 Å². The predicted octanol–water partition coefficient (Wildman–Crippen LogP) is 2.82. The van der Waals surface area contributed by atoms with Crippen molar-refractivity contribution in [2.45, 2.75) is 20.8 Å². The van der Waals surface area contributed by atoms with Crippen LogP contribution >= 0.6 is 0 Å². The van der Waals surface area contributed by atoms with E-state index < -0.39 is 11.9 Å². The molecular formula is C16H17NO4. The third-order valence-electron chi connectivity index (χ3n) is 2.90. The molecule has 0 bridgehead atoms. The molecule has 0 atom stereocenters. The van der Waals surface area contributed by atoms with Crippen molar-refractivity contribution in [1.29, 1.82) is 0 Å². The summed E-state index contributed by atoms with van der Waals surface area (Å²) in [4.78, 5) is 27.3. The standard InChI is InChI=1S/C16H17NO4/c1-16(2,3)15-17-12(14(19)21-15)9-10-5-7-11(8-6-10)13(18)20-4/h5-9H,1-4H3/b12-9-. The van der Waals surface area contributed by atoms with Gasteiger partial charge in [0.1, 0.15) is 0 Å². The van der Waals surface area contributed by atoms with Crippen molar-refractivity contribution < 1.29 is 19.1 Å². The number of esters is 2. The highest BCUT2D eigenvalue weighted by Crippen LogP contribution is 2.25. The minimum absolute atomic E-state index is 0.255. The van der Waals surface area contributed by atoms with Gasteiger partial charge in [-0.3, -0.25) is 0 Å². The number of nitrogens with zero attached hydrogens (tertiary/aromatic N) is 1. The largest absolute Gasteiger partial charge is 0.465 e. The van der Waals surface area contributed by atoms with Gasteiger partial charge in [0, 0.05) is 5.41 Å². The topological polar surface area (TPSA) is 65.0 Å². The van der Waals surface area contributed by atoms with E-state index in [1.165, 1.54) is 7.11 Å². The van der Waals surface area contributed by atoms with Crippen molar-refractivity contribution in [3.63, 3.8) is 0 Å². The average molecular weight is 287 g/mol. The molecule has 0 amide bonds. The second-order valence-corrected chi connectivity index (χ2v) is 5.70. The molecule has 1 aliphatic rings. The van der Waals surface area contributed by atoms with Crippen LogP contribution in [0.3, 0.4) is 0 Å². The van der Waals surface area contributed by atoms with Gasteiger partial charge in [0.2, 0.25) is 5.90 Å². The van der Waals surface area contributed by atoms with Crippen molar-refractivity contribution >= 4 is 23.9 Å². The van der Waals surface area contributed by atoms with Gasteiger partial charge in [-0.1, -0.05) is 32.9 Å². The smallest absolute Gasteiger partial charge is 0.363 e. The summed E-state index contributed by atoms with van der Waals surface area (Å²) in [6.07, 6.45) is 1.63. The molecule has 5 nitrogen and oxygen atoms in total. The van der Waals surface area contributed by atoms with E-state index in [2.05, 4.69) is 9.73 Å². The first-order chi connectivity index (χ1) is 9.81. The molecule has 1 aromatic carbocycles. The van der Waals surface area contributed by atoms with Crippen LogP contribution in [-0.4, -0.2) is 24.9 Å². The van der Waals surface area contributed by atoms with Crippen LogP contribution in [0.5, 0.6) is 0 Å². The van der Waals surface area contributed by atoms with Crippen molar-refractivity contribution in [2.24, 2.45) is 10.4 Å². The highest BCUT2D eigenvalue weighted by Gasteiger charge is 2.31. The molecule has 0 N–H and O–H groups in total. The van der Waals surface area contributed by atoms with Crippen molar-refractivity contribution in [3.8, 4) is 0 Å². The summed E-state index contributed by atoms with van der Waals surface area (Å²) < 4.78 is 9.79. The molecule has 0 aliphatic carbocycles. The molecule has 0 spiro atoms. The molecule has 0 unspecified atom stereocenters. The molecule has 21 heavy (non-hydrogen) atoms. The van der Waals surface area contributed by atoms with Crippen LogP contribution in [-0.2, 0) is 14.3 Å². The molecule has 110 valence electrons. The van der Waals surface area contributed by atoms with E-state index in [1.54, 1.807) is 30.3 Å². The van der Waals surface area contributed by atoms with Gasteiger partial charge >= 0.3 is 11.9 Å². The van der Waals surface area contributed by atoms with E-state index in [9.17, 15) is 9.59 Å². The second kappa shape index (κ2) is 5.52. The first kappa shape index (κ1) is 15.0. The number of methoxy groups -OCH3 is 1. The van der Waals surface area contributed by atoms with Gasteiger partial charge in [-0.2, -0.15) is 0 Å². The number of benzene rings is 1. The highest BCUT2D eigenvalue weighted by molar-refractivity contribution is 6.08. The Morgan fingerprint density at radius 1 is 1.24 bits per heavy atom. The van der Waals surface area contributed by atoms with Gasteiger partial charge in [-0.25, -0.2) is 14.6 Å². The number of carbonyl (C=O) groups excluding carboxylic acids is 2. The molecule has 0 aromatic heterocycles. The monoisotopic (exact) mass is 287 g/mol. The van der Waals surface area contributed by atoms with Crippen LogP contribution in [0.25, 0.3) is 6.08 Å². The van der Waals surface area contributed by atoms with Crippen LogP contribution in [0.1, 0.15) is 36.7 Å². The molecule has 5 heteroatoms. The lowest BCUT2D eigenvalue weighted by Gasteiger charge is -2.15. The summed E-state index contributed by atoms with van der Waals surface area (Å²) in [5.74, 6) is -0.454. The Labute approximate surface area is 123 Å². The van der Waals surface area contributed by atoms with Gasteiger partial charge in [-0.05, 0) is 23.8 Å². The summed E-state index contributed by atoms with van der Waals surface area (Å²) in [6, 6.07) is 6.70. The van der Waals surface area contributed by atoms with Gasteiger partial charge in [0.25, 0.3) is 0 Å². The Morgan fingerprint density at radius 3 is 2.33 bits per heavy atom. The van der Waals surface area contributed by atoms with E-state index in [0.717, 1.165) is 5.56 Å². The zero-order valence-corrected chi connectivity index (χ0v) is 12.5. The summed E-state index contributed by atoms with van der Waals surface area (Å²) in [7, 11) is 1.33. The SMILES string of the molecule is COC(=O)c1ccc(/C=C2\N=C(C(C)(C)C)OC2=O)cc1. The zero-order valence-electron chi connectivity index (χ0n) is 12.5. The Balaban J connectivity index is 2.26. The van der Waals surface area contributed by atoms with Crippen LogP contribution in [0, 0.1) is 5.41 Å².